The summed E-state index contributed by atoms with van der Waals surface area (Å²) >= 11 is 0. The molecule has 5 aliphatic rings. The first-order valence-electron chi connectivity index (χ1n) is 23.1. The minimum atomic E-state index is -0.660. The van der Waals surface area contributed by atoms with Crippen LogP contribution in [0.5, 0.6) is 11.5 Å². The van der Waals surface area contributed by atoms with Gasteiger partial charge in [0.2, 0.25) is 0 Å². The molecule has 0 N–H and O–H groups in total. The fraction of sp³-hybridized carbons (Fsp3) is 0.0938. The van der Waals surface area contributed by atoms with Crippen LogP contribution in [0.2, 0.25) is 0 Å². The van der Waals surface area contributed by atoms with Crippen molar-refractivity contribution in [3.8, 4) is 44.9 Å². The molecule has 312 valence electrons. The Morgan fingerprint density at radius 1 is 0.455 bits per heavy atom. The number of hydrogen-bond acceptors (Lipinski definition) is 2. The maximum Gasteiger partial charge on any atom is 0.132 e. The molecule has 13 rings (SSSR count). The van der Waals surface area contributed by atoms with Crippen LogP contribution in [0.15, 0.2) is 229 Å². The number of hydrogen-bond donors (Lipinski definition) is 0. The number of nitrogens with zero attached hydrogens (tertiary/aromatic N) is 1. The highest BCUT2D eigenvalue weighted by Gasteiger charge is 2.51. The number of anilines is 3. The lowest BCUT2D eigenvalue weighted by Crippen LogP contribution is -2.32. The average Bonchev–Trinajstić information content (AvgIpc) is 3.79. The van der Waals surface area contributed by atoms with Crippen molar-refractivity contribution in [3.05, 3.63) is 268 Å². The fourth-order valence-electron chi connectivity index (χ4n) is 11.5. The van der Waals surface area contributed by atoms with Crippen LogP contribution in [0.25, 0.3) is 44.5 Å². The van der Waals surface area contributed by atoms with Gasteiger partial charge in [-0.3, -0.25) is 0 Å². The molecule has 1 aliphatic heterocycles. The molecule has 0 aromatic heterocycles. The van der Waals surface area contributed by atoms with E-state index in [4.69, 9.17) is 4.74 Å². The van der Waals surface area contributed by atoms with Crippen LogP contribution in [0.3, 0.4) is 0 Å². The van der Waals surface area contributed by atoms with E-state index in [-0.39, 0.29) is 5.41 Å². The molecule has 8 aromatic rings. The molecule has 0 bridgehead atoms. The molecule has 1 unspecified atom stereocenters. The molecule has 4 aliphatic carbocycles. The van der Waals surface area contributed by atoms with Gasteiger partial charge in [0.25, 0.3) is 0 Å². The third-order valence-corrected chi connectivity index (χ3v) is 14.7. The van der Waals surface area contributed by atoms with Crippen LogP contribution in [0, 0.1) is 0 Å². The Morgan fingerprint density at radius 2 is 1.03 bits per heavy atom. The van der Waals surface area contributed by atoms with Gasteiger partial charge in [0.05, 0.1) is 5.41 Å². The number of ether oxygens (including phenoxy) is 1. The van der Waals surface area contributed by atoms with Crippen molar-refractivity contribution in [1.29, 1.82) is 0 Å². The third kappa shape index (κ3) is 5.70. The standard InChI is InChI=1S/C64H45NO/c1-63(2)55-24-14-12-22-51(55)53-34-32-49(40-59(53)63)65(48-30-26-45(27-31-48)42-16-6-3-7-17-42)50-33-35-54-52-23-13-15-25-56(52)64(60(54)41-50)57-36-28-46(43-18-8-4-9-19-43)38-61(57)66-62-39-47(29-37-58(62)64)44-20-10-5-11-21-44/h3-4,6-10,13,15-41H,5,11H2,1-2H3. The van der Waals surface area contributed by atoms with Crippen molar-refractivity contribution in [3.63, 3.8) is 0 Å². The molecule has 2 nitrogen and oxygen atoms in total. The molecule has 0 saturated carbocycles. The van der Waals surface area contributed by atoms with E-state index >= 15 is 0 Å². The molecule has 0 saturated heterocycles. The van der Waals surface area contributed by atoms with Gasteiger partial charge in [-0.05, 0) is 151 Å². The molecule has 2 heteroatoms. The molecular formula is C64H45NO. The summed E-state index contributed by atoms with van der Waals surface area (Å²) in [7, 11) is 0. The van der Waals surface area contributed by atoms with E-state index in [2.05, 4.69) is 243 Å². The van der Waals surface area contributed by atoms with Crippen LogP contribution < -0.4 is 9.64 Å². The number of fused-ring (bicyclic) bond motifs is 11. The summed E-state index contributed by atoms with van der Waals surface area (Å²) in [4.78, 5) is 2.45. The van der Waals surface area contributed by atoms with Gasteiger partial charge >= 0.3 is 0 Å². The van der Waals surface area contributed by atoms with Crippen molar-refractivity contribution >= 4 is 28.2 Å². The topological polar surface area (TPSA) is 12.5 Å². The molecule has 0 amide bonds. The van der Waals surface area contributed by atoms with Gasteiger partial charge in [0.1, 0.15) is 11.5 Å². The summed E-state index contributed by atoms with van der Waals surface area (Å²) in [6.45, 7) is 4.67. The monoisotopic (exact) mass is 843 g/mol. The normalized spacial score (nSPS) is 17.3. The molecule has 1 heterocycles. The predicted molar refractivity (Wildman–Crippen MR) is 272 cm³/mol. The predicted octanol–water partition coefficient (Wildman–Crippen LogP) is 16.6. The summed E-state index contributed by atoms with van der Waals surface area (Å²) in [6, 6.07) is 67.3. The van der Waals surface area contributed by atoms with Gasteiger partial charge < -0.3 is 9.64 Å². The second-order valence-electron chi connectivity index (χ2n) is 18.6. The molecular weight excluding hydrogens is 799 g/mol. The van der Waals surface area contributed by atoms with Gasteiger partial charge in [-0.1, -0.05) is 177 Å². The van der Waals surface area contributed by atoms with Crippen LogP contribution in [-0.4, -0.2) is 0 Å². The minimum Gasteiger partial charge on any atom is -0.457 e. The summed E-state index contributed by atoms with van der Waals surface area (Å²) in [5.41, 5.74) is 28.4. The smallest absolute Gasteiger partial charge is 0.132 e. The third-order valence-electron chi connectivity index (χ3n) is 14.7. The first-order chi connectivity index (χ1) is 32.5. The van der Waals surface area contributed by atoms with E-state index in [1.54, 1.807) is 0 Å². The molecule has 66 heavy (non-hydrogen) atoms. The maximum atomic E-state index is 7.17. The van der Waals surface area contributed by atoms with Crippen LogP contribution in [0.1, 0.15) is 65.6 Å². The Bertz CT molecular complexity index is 3530. The van der Waals surface area contributed by atoms with E-state index in [0.717, 1.165) is 63.7 Å². The zero-order chi connectivity index (χ0) is 44.0. The molecule has 1 atom stereocenters. The molecule has 0 radical (unpaired) electrons. The zero-order valence-electron chi connectivity index (χ0n) is 37.0. The summed E-state index contributed by atoms with van der Waals surface area (Å²) in [5, 5.41) is 0. The van der Waals surface area contributed by atoms with Gasteiger partial charge in [0.15, 0.2) is 0 Å². The lowest BCUT2D eigenvalue weighted by molar-refractivity contribution is 0.436. The highest BCUT2D eigenvalue weighted by atomic mass is 16.5. The average molecular weight is 844 g/mol. The highest BCUT2D eigenvalue weighted by molar-refractivity contribution is 5.94. The van der Waals surface area contributed by atoms with Gasteiger partial charge in [0, 0.05) is 33.6 Å². The SMILES string of the molecule is CC1(C)C2=C(C=C=C=C2)c2ccc(N(c3ccc(-c4ccccc4)cc3)c3ccc4c(c3)C3(c5ccc(C6=CCCC=C6)cc5Oc5cc(-c6ccccc6)ccc53)c3ccccc3-4)cc21. The lowest BCUT2D eigenvalue weighted by Gasteiger charge is -2.40. The number of rotatable bonds is 6. The van der Waals surface area contributed by atoms with Crippen LogP contribution in [-0.2, 0) is 10.8 Å². The van der Waals surface area contributed by atoms with Crippen molar-refractivity contribution in [2.24, 2.45) is 0 Å². The number of benzene rings is 8. The Kier molecular flexibility index (Phi) is 8.55. The van der Waals surface area contributed by atoms with Gasteiger partial charge in [-0.25, -0.2) is 0 Å². The quantitative estimate of drug-likeness (QED) is 0.155. The first-order valence-corrected chi connectivity index (χ1v) is 23.1. The summed E-state index contributed by atoms with van der Waals surface area (Å²) in [5.74, 6) is 1.77. The Hall–Kier alpha value is -8.12. The van der Waals surface area contributed by atoms with Gasteiger partial charge in [-0.15, -0.1) is 0 Å². The zero-order valence-corrected chi connectivity index (χ0v) is 37.0. The molecule has 0 fully saturated rings. The van der Waals surface area contributed by atoms with E-state index in [0.29, 0.717) is 0 Å². The van der Waals surface area contributed by atoms with E-state index in [9.17, 15) is 0 Å². The Balaban J connectivity index is 1.05. The van der Waals surface area contributed by atoms with Crippen molar-refractivity contribution < 1.29 is 4.74 Å². The summed E-state index contributed by atoms with van der Waals surface area (Å²) < 4.78 is 7.17. The Morgan fingerprint density at radius 3 is 1.76 bits per heavy atom. The number of allylic oxidation sites excluding steroid dienone is 8. The van der Waals surface area contributed by atoms with Gasteiger partial charge in [-0.2, -0.15) is 0 Å². The van der Waals surface area contributed by atoms with Crippen LogP contribution in [0.4, 0.5) is 17.1 Å². The molecule has 1 spiro atoms. The van der Waals surface area contributed by atoms with E-state index in [1.807, 2.05) is 0 Å². The first kappa shape index (κ1) is 38.3. The van der Waals surface area contributed by atoms with Crippen molar-refractivity contribution in [1.82, 2.24) is 0 Å². The molecule has 8 aromatic carbocycles. The maximum absolute atomic E-state index is 7.17. The van der Waals surface area contributed by atoms with E-state index < -0.39 is 5.41 Å². The minimum absolute atomic E-state index is 0.199. The van der Waals surface area contributed by atoms with E-state index in [1.165, 1.54) is 66.8 Å². The second-order valence-corrected chi connectivity index (χ2v) is 18.6. The highest BCUT2D eigenvalue weighted by Crippen LogP contribution is 2.63. The van der Waals surface area contributed by atoms with Crippen molar-refractivity contribution in [2.45, 2.75) is 37.5 Å². The largest absolute Gasteiger partial charge is 0.457 e. The second kappa shape index (κ2) is 14.7. The van der Waals surface area contributed by atoms with Crippen LogP contribution >= 0.6 is 0 Å². The lowest BCUT2D eigenvalue weighted by atomic mass is 9.65. The fourth-order valence-corrected chi connectivity index (χ4v) is 11.5. The van der Waals surface area contributed by atoms with Crippen molar-refractivity contribution in [2.75, 3.05) is 4.90 Å². The Labute approximate surface area is 386 Å². The summed E-state index contributed by atoms with van der Waals surface area (Å²) in [6.07, 6.45) is 13.2.